The number of aromatic nitrogens is 2. The van der Waals surface area contributed by atoms with Crippen LogP contribution in [0.5, 0.6) is 0 Å². The van der Waals surface area contributed by atoms with Crippen LogP contribution >= 0.6 is 11.8 Å². The maximum Gasteiger partial charge on any atom is 0.241 e. The van der Waals surface area contributed by atoms with Gasteiger partial charge in [-0.1, -0.05) is 54.6 Å². The zero-order chi connectivity index (χ0) is 24.2. The van der Waals surface area contributed by atoms with Gasteiger partial charge in [-0.25, -0.2) is 0 Å². The number of hydrogen-bond donors (Lipinski definition) is 2. The van der Waals surface area contributed by atoms with E-state index in [2.05, 4.69) is 20.4 Å². The van der Waals surface area contributed by atoms with Gasteiger partial charge < -0.3 is 5.32 Å². The second-order valence-corrected chi connectivity index (χ2v) is 9.69. The van der Waals surface area contributed by atoms with Gasteiger partial charge in [0.05, 0.1) is 17.3 Å². The van der Waals surface area contributed by atoms with Crippen molar-refractivity contribution in [1.29, 1.82) is 0 Å². The molecule has 1 aliphatic heterocycles. The Morgan fingerprint density at radius 1 is 1.03 bits per heavy atom. The third-order valence-corrected chi connectivity index (χ3v) is 7.26. The van der Waals surface area contributed by atoms with Gasteiger partial charge in [-0.2, -0.15) is 5.10 Å². The highest BCUT2D eigenvalue weighted by atomic mass is 32.2. The summed E-state index contributed by atoms with van der Waals surface area (Å²) in [7, 11) is 1.96. The van der Waals surface area contributed by atoms with Gasteiger partial charge in [-0.15, -0.1) is 11.8 Å². The minimum Gasteiger partial charge on any atom is -0.325 e. The second-order valence-electron chi connectivity index (χ2n) is 8.61. The first kappa shape index (κ1) is 23.1. The summed E-state index contributed by atoms with van der Waals surface area (Å²) in [5.41, 5.74) is 4.43. The molecule has 2 heterocycles. The maximum absolute atomic E-state index is 13.2. The van der Waals surface area contributed by atoms with Gasteiger partial charge in [0, 0.05) is 28.1 Å². The quantitative estimate of drug-likeness (QED) is 0.365. The van der Waals surface area contributed by atoms with Crippen molar-refractivity contribution in [1.82, 2.24) is 15.1 Å². The fourth-order valence-corrected chi connectivity index (χ4v) is 5.21. The predicted molar refractivity (Wildman–Crippen MR) is 143 cm³/mol. The summed E-state index contributed by atoms with van der Waals surface area (Å²) < 4.78 is 0. The van der Waals surface area contributed by atoms with Gasteiger partial charge in [-0.05, 0) is 55.1 Å². The summed E-state index contributed by atoms with van der Waals surface area (Å²) in [6, 6.07) is 22.6. The molecule has 35 heavy (non-hydrogen) atoms. The molecule has 1 amide bonds. The molecule has 1 atom stereocenters. The maximum atomic E-state index is 13.2. The Morgan fingerprint density at radius 3 is 2.69 bits per heavy atom. The van der Waals surface area contributed by atoms with E-state index in [1.165, 1.54) is 0 Å². The fraction of sp³-hybridized carbons (Fsp3) is 0.179. The number of hydrogen-bond acceptors (Lipinski definition) is 5. The summed E-state index contributed by atoms with van der Waals surface area (Å²) in [6.07, 6.45) is 4.79. The van der Waals surface area contributed by atoms with Crippen molar-refractivity contribution in [2.75, 3.05) is 24.0 Å². The van der Waals surface area contributed by atoms with Crippen molar-refractivity contribution in [2.24, 2.45) is 0 Å². The minimum atomic E-state index is -0.150. The molecule has 0 saturated carbocycles. The van der Waals surface area contributed by atoms with Crippen LogP contribution in [-0.4, -0.2) is 51.5 Å². The molecule has 0 bridgehead atoms. The van der Waals surface area contributed by atoms with Crippen LogP contribution in [0.1, 0.15) is 33.6 Å². The Kier molecular flexibility index (Phi) is 6.79. The number of aromatic amines is 1. The van der Waals surface area contributed by atoms with E-state index in [0.29, 0.717) is 16.8 Å². The average Bonchev–Trinajstić information content (AvgIpc) is 3.30. The molecule has 176 valence electrons. The van der Waals surface area contributed by atoms with Crippen LogP contribution in [0.3, 0.4) is 0 Å². The van der Waals surface area contributed by atoms with Crippen LogP contribution in [0.15, 0.2) is 72.8 Å². The molecule has 5 rings (SSSR count). The highest BCUT2D eigenvalue weighted by Crippen LogP contribution is 2.23. The van der Waals surface area contributed by atoms with E-state index in [4.69, 9.17) is 0 Å². The first-order chi connectivity index (χ1) is 17.1. The number of nitrogens with zero attached hydrogens (tertiary/aromatic N) is 2. The highest BCUT2D eigenvalue weighted by molar-refractivity contribution is 7.99. The summed E-state index contributed by atoms with van der Waals surface area (Å²) in [4.78, 5) is 28.0. The summed E-state index contributed by atoms with van der Waals surface area (Å²) in [5, 5.41) is 11.4. The lowest BCUT2D eigenvalue weighted by molar-refractivity contribution is -0.120. The van der Waals surface area contributed by atoms with Crippen LogP contribution < -0.4 is 5.32 Å². The molecule has 1 fully saturated rings. The first-order valence-corrected chi connectivity index (χ1v) is 12.7. The van der Waals surface area contributed by atoms with Crippen LogP contribution in [0, 0.1) is 0 Å². The van der Waals surface area contributed by atoms with Crippen molar-refractivity contribution in [2.45, 2.75) is 12.5 Å². The van der Waals surface area contributed by atoms with Crippen LogP contribution in [-0.2, 0) is 4.79 Å². The smallest absolute Gasteiger partial charge is 0.241 e. The number of carbonyl (C=O) groups is 2. The molecular weight excluding hydrogens is 456 g/mol. The van der Waals surface area contributed by atoms with Crippen molar-refractivity contribution < 1.29 is 9.59 Å². The van der Waals surface area contributed by atoms with E-state index in [0.717, 1.165) is 40.2 Å². The Hall–Kier alpha value is -3.68. The van der Waals surface area contributed by atoms with Crippen LogP contribution in [0.25, 0.3) is 23.1 Å². The van der Waals surface area contributed by atoms with E-state index in [9.17, 15) is 9.59 Å². The minimum absolute atomic E-state index is 0.0348. The number of thioether (sulfide) groups is 1. The van der Waals surface area contributed by atoms with E-state index in [1.807, 2.05) is 85.6 Å². The topological polar surface area (TPSA) is 78.1 Å². The van der Waals surface area contributed by atoms with Crippen molar-refractivity contribution in [3.05, 3.63) is 95.2 Å². The zero-order valence-corrected chi connectivity index (χ0v) is 20.2. The fourth-order valence-electron chi connectivity index (χ4n) is 4.22. The third kappa shape index (κ3) is 5.21. The number of ketones is 1. The monoisotopic (exact) mass is 482 g/mol. The van der Waals surface area contributed by atoms with Crippen LogP contribution in [0.2, 0.25) is 0 Å². The molecule has 3 aromatic carbocycles. The van der Waals surface area contributed by atoms with E-state index >= 15 is 0 Å². The number of fused-ring (bicyclic) bond motifs is 1. The number of nitrogens with one attached hydrogen (secondary N) is 2. The average molecular weight is 483 g/mol. The van der Waals surface area contributed by atoms with E-state index < -0.39 is 0 Å². The Morgan fingerprint density at radius 2 is 1.86 bits per heavy atom. The van der Waals surface area contributed by atoms with E-state index in [-0.39, 0.29) is 17.7 Å². The van der Waals surface area contributed by atoms with Gasteiger partial charge in [0.25, 0.3) is 0 Å². The number of carbonyl (C=O) groups excluding carboxylic acids is 2. The van der Waals surface area contributed by atoms with Crippen LogP contribution in [0.4, 0.5) is 5.69 Å². The second kappa shape index (κ2) is 10.3. The Labute approximate surface area is 208 Å². The van der Waals surface area contributed by atoms with E-state index in [1.54, 1.807) is 18.2 Å². The molecule has 6 nitrogen and oxygen atoms in total. The SMILES string of the molecule is CN1CSCCC1C(=O)Nc1cccc(C(=O)c2ccc3c(/C=C/c4ccccc4)n[nH]c3c2)c1. The molecule has 0 spiro atoms. The lowest BCUT2D eigenvalue weighted by atomic mass is 10.0. The number of H-pyrrole nitrogens is 1. The van der Waals surface area contributed by atoms with Crippen molar-refractivity contribution in [3.8, 4) is 0 Å². The molecule has 1 aliphatic rings. The lowest BCUT2D eigenvalue weighted by Crippen LogP contribution is -2.44. The highest BCUT2D eigenvalue weighted by Gasteiger charge is 2.26. The Balaban J connectivity index is 1.33. The zero-order valence-electron chi connectivity index (χ0n) is 19.4. The molecule has 4 aromatic rings. The predicted octanol–water partition coefficient (Wildman–Crippen LogP) is 5.30. The van der Waals surface area contributed by atoms with Gasteiger partial charge in [-0.3, -0.25) is 19.6 Å². The molecule has 1 aromatic heterocycles. The Bertz CT molecular complexity index is 1400. The molecule has 0 radical (unpaired) electrons. The van der Waals surface area contributed by atoms with Crippen molar-refractivity contribution >= 4 is 52.2 Å². The number of anilines is 1. The number of likely N-dealkylation sites (N-methyl/N-ethyl adjacent to an activating group) is 1. The van der Waals surface area contributed by atoms with Gasteiger partial charge >= 0.3 is 0 Å². The van der Waals surface area contributed by atoms with Gasteiger partial charge in [0.1, 0.15) is 0 Å². The summed E-state index contributed by atoms with van der Waals surface area (Å²) in [5.74, 6) is 1.68. The molecule has 1 unspecified atom stereocenters. The van der Waals surface area contributed by atoms with Gasteiger partial charge in [0.15, 0.2) is 5.78 Å². The molecular formula is C28H26N4O2S. The number of amides is 1. The van der Waals surface area contributed by atoms with Gasteiger partial charge in [0.2, 0.25) is 5.91 Å². The summed E-state index contributed by atoms with van der Waals surface area (Å²) in [6.45, 7) is 0. The molecule has 0 aliphatic carbocycles. The number of rotatable bonds is 6. The molecule has 2 N–H and O–H groups in total. The summed E-state index contributed by atoms with van der Waals surface area (Å²) >= 11 is 1.83. The normalized spacial score (nSPS) is 16.5. The molecule has 1 saturated heterocycles. The first-order valence-electron chi connectivity index (χ1n) is 11.5. The standard InChI is InChI=1S/C28H26N4O2S/c1-32-18-35-15-14-26(32)28(34)29-22-9-5-8-20(16-22)27(33)21-11-12-23-24(30-31-25(23)17-21)13-10-19-6-3-2-4-7-19/h2-13,16-17,26H,14-15,18H2,1H3,(H,29,34)(H,30,31)/b13-10+. The largest absolute Gasteiger partial charge is 0.325 e. The lowest BCUT2D eigenvalue weighted by Gasteiger charge is -2.30. The van der Waals surface area contributed by atoms with Crippen molar-refractivity contribution in [3.63, 3.8) is 0 Å². The number of benzene rings is 3. The molecule has 7 heteroatoms. The third-order valence-electron chi connectivity index (χ3n) is 6.15.